The molecule has 2 aliphatic carbocycles. The van der Waals surface area contributed by atoms with Crippen molar-refractivity contribution in [2.75, 3.05) is 243 Å². The molecule has 814 valence electrons. The molecule has 2 saturated carbocycles. The number of carbonyl (C=O) groups is 7. The first kappa shape index (κ1) is 132. The van der Waals surface area contributed by atoms with Gasteiger partial charge >= 0.3 is 6.09 Å². The van der Waals surface area contributed by atoms with Crippen LogP contribution >= 0.6 is 11.8 Å². The minimum atomic E-state index is -0.429. The molecule has 8 heterocycles. The molecule has 31 heteroatoms. The molecule has 6 amide bonds. The average Bonchev–Trinajstić information content (AvgIpc) is 1.20. The molecule has 10 aliphatic rings. The molecule has 0 radical (unpaired) electrons. The molecule has 0 aromatic rings. The minimum absolute atomic E-state index is 0.0790. The second kappa shape index (κ2) is 65.0. The second-order valence-electron chi connectivity index (χ2n) is 51.6. The summed E-state index contributed by atoms with van der Waals surface area (Å²) in [5.41, 5.74) is 7.25. The zero-order chi connectivity index (χ0) is 105. The van der Waals surface area contributed by atoms with Crippen LogP contribution < -0.4 is 69.5 Å². The number of likely N-dealkylation sites (N-methyl/N-ethyl adjacent to an activating group) is 2. The van der Waals surface area contributed by atoms with Gasteiger partial charge in [0, 0.05) is 281 Å². The number of Topliss-reactive ketones (excluding diaryl/α,β-unsaturated/α-hetero) is 1. The molecule has 8 aliphatic heterocycles. The number of ether oxygens (including phenoxy) is 1. The summed E-state index contributed by atoms with van der Waals surface area (Å²) in [6.45, 7) is 105. The van der Waals surface area contributed by atoms with Crippen molar-refractivity contribution in [3.05, 3.63) is 0 Å². The zero-order valence-electron chi connectivity index (χ0n) is 96.0. The monoisotopic (exact) mass is 1980 g/mol. The first-order chi connectivity index (χ1) is 63.4. The molecular formula is C107H222N22O8S. The summed E-state index contributed by atoms with van der Waals surface area (Å²) in [7, 11) is 6.14. The maximum absolute atomic E-state index is 12.0. The Morgan fingerprint density at radius 3 is 1.10 bits per heavy atom. The maximum atomic E-state index is 12.0. The van der Waals surface area contributed by atoms with Crippen molar-refractivity contribution in [2.24, 2.45) is 41.2 Å². The van der Waals surface area contributed by atoms with Crippen LogP contribution in [0.5, 0.6) is 0 Å². The van der Waals surface area contributed by atoms with Gasteiger partial charge in [0.1, 0.15) is 17.9 Å². The fourth-order valence-corrected chi connectivity index (χ4v) is 16.2. The summed E-state index contributed by atoms with van der Waals surface area (Å²) in [6.07, 6.45) is 14.8. The minimum Gasteiger partial charge on any atom is -0.444 e. The van der Waals surface area contributed by atoms with Crippen LogP contribution in [0.2, 0.25) is 0 Å². The van der Waals surface area contributed by atoms with Gasteiger partial charge in [0.15, 0.2) is 0 Å². The number of piperazine rings is 1. The molecule has 30 nitrogen and oxygen atoms in total. The molecule has 0 unspecified atom stereocenters. The Hall–Kier alpha value is -3.84. The summed E-state index contributed by atoms with van der Waals surface area (Å²) in [4.78, 5) is 101. The van der Waals surface area contributed by atoms with E-state index >= 15 is 0 Å². The van der Waals surface area contributed by atoms with Gasteiger partial charge in [0.25, 0.3) is 5.24 Å². The summed E-state index contributed by atoms with van der Waals surface area (Å²) in [5, 5.41) is 38.1. The van der Waals surface area contributed by atoms with E-state index in [1.165, 1.54) is 104 Å². The molecule has 0 aromatic carbocycles. The van der Waals surface area contributed by atoms with Gasteiger partial charge in [-0.2, -0.15) is 0 Å². The predicted molar refractivity (Wildman–Crippen MR) is 584 cm³/mol. The third kappa shape index (κ3) is 70.8. The second-order valence-corrected chi connectivity index (χ2v) is 52.5. The Balaban J connectivity index is 0.000000776. The van der Waals surface area contributed by atoms with E-state index in [4.69, 9.17) is 10.5 Å². The molecule has 0 aromatic heterocycles. The van der Waals surface area contributed by atoms with E-state index in [1.54, 1.807) is 0 Å². The largest absolute Gasteiger partial charge is 0.444 e. The van der Waals surface area contributed by atoms with Crippen molar-refractivity contribution < 1.29 is 38.3 Å². The lowest BCUT2D eigenvalue weighted by molar-refractivity contribution is -0.130. The number of amides is 6. The molecule has 0 bridgehead atoms. The van der Waals surface area contributed by atoms with Crippen molar-refractivity contribution in [2.45, 2.75) is 373 Å². The maximum Gasteiger partial charge on any atom is 0.407 e. The highest BCUT2D eigenvalue weighted by atomic mass is 32.2. The Labute approximate surface area is 851 Å². The highest BCUT2D eigenvalue weighted by Gasteiger charge is 2.40. The Kier molecular flexibility index (Phi) is 62.3. The Bertz CT molecular complexity index is 3250. The molecule has 10 rings (SSSR count). The van der Waals surface area contributed by atoms with Crippen molar-refractivity contribution in [3.8, 4) is 0 Å². The number of hydrogen-bond donors (Lipinski definition) is 13. The van der Waals surface area contributed by atoms with Crippen LogP contribution in [-0.2, 0) is 28.7 Å². The van der Waals surface area contributed by atoms with Gasteiger partial charge < -0.3 is 89.0 Å². The number of carbonyl (C=O) groups excluding carboxylic acids is 7. The van der Waals surface area contributed by atoms with Gasteiger partial charge in [0.05, 0.1) is 5.75 Å². The number of imide groups is 1. The van der Waals surface area contributed by atoms with Crippen molar-refractivity contribution in [3.63, 3.8) is 0 Å². The van der Waals surface area contributed by atoms with Crippen LogP contribution in [0.1, 0.15) is 312 Å². The predicted octanol–water partition coefficient (Wildman–Crippen LogP) is 11.9. The van der Waals surface area contributed by atoms with E-state index in [-0.39, 0.29) is 91.2 Å². The zero-order valence-corrected chi connectivity index (χ0v) is 96.8. The Morgan fingerprint density at radius 2 is 0.761 bits per heavy atom. The van der Waals surface area contributed by atoms with Crippen molar-refractivity contribution in [1.82, 2.24) is 108 Å². The SMILES string of the molecule is CC(C)(C)N1CC(CCC(=O)CCN2CCCCC2)C1.CC(C)(C)N1CC(CNC(=O)C2CC2)C1.CC(C)(C)N1CC(CNC(=O)C2CCC2)C1.CC(C)(C)N1CC(CNC(=O)CN2C(=O)CSC2=O)C1.CC(C)(C)NCCN.CC(C)(C)NCCN1CCCC1.CC(C)(C)NCCN1CCNCC1.CC(C)(C)NCCNC(=O)OC(C)(C)C.CN(C)CCNC(C)(C)C.CNCCNC(C)(C)C. The average molecular weight is 1980 g/mol. The summed E-state index contributed by atoms with van der Waals surface area (Å²) < 4.78 is 5.09. The van der Waals surface area contributed by atoms with Crippen molar-refractivity contribution in [1.29, 1.82) is 0 Å². The number of ketones is 1. The number of nitrogens with two attached hydrogens (primary N) is 1. The third-order valence-corrected chi connectivity index (χ3v) is 25.8. The van der Waals surface area contributed by atoms with Crippen LogP contribution in [0.15, 0.2) is 0 Å². The number of thioether (sulfide) groups is 1. The number of nitrogens with one attached hydrogen (secondary N) is 12. The molecule has 0 spiro atoms. The van der Waals surface area contributed by atoms with Gasteiger partial charge in [-0.25, -0.2) is 4.79 Å². The van der Waals surface area contributed by atoms with Gasteiger partial charge in [-0.15, -0.1) is 0 Å². The van der Waals surface area contributed by atoms with Crippen LogP contribution in [0.25, 0.3) is 0 Å². The van der Waals surface area contributed by atoms with Crippen LogP contribution in [-0.4, -0.2) is 389 Å². The highest BCUT2D eigenvalue weighted by molar-refractivity contribution is 8.14. The summed E-state index contributed by atoms with van der Waals surface area (Å²) in [6, 6.07) is 0. The van der Waals surface area contributed by atoms with Gasteiger partial charge in [-0.3, -0.25) is 58.2 Å². The first-order valence-electron chi connectivity index (χ1n) is 53.6. The van der Waals surface area contributed by atoms with Crippen LogP contribution in [0.3, 0.4) is 0 Å². The van der Waals surface area contributed by atoms with E-state index in [0.29, 0.717) is 59.9 Å². The number of alkyl carbamates (subject to hydrolysis) is 1. The Morgan fingerprint density at radius 1 is 0.406 bits per heavy atom. The lowest BCUT2D eigenvalue weighted by atomic mass is 9.84. The molecule has 0 atom stereocenters. The number of likely N-dealkylation sites (tertiary alicyclic amines) is 6. The molecular weight excluding hydrogens is 1750 g/mol. The molecule has 14 N–H and O–H groups in total. The fourth-order valence-electron chi connectivity index (χ4n) is 15.5. The van der Waals surface area contributed by atoms with Gasteiger partial charge in [-0.05, 0) is 340 Å². The fraction of sp³-hybridized carbons (Fsp3) is 0.935. The van der Waals surface area contributed by atoms with E-state index in [1.807, 2.05) is 27.8 Å². The molecule has 10 fully saturated rings. The van der Waals surface area contributed by atoms with Gasteiger partial charge in [0.2, 0.25) is 23.6 Å². The highest BCUT2D eigenvalue weighted by Crippen LogP contribution is 2.32. The number of piperidine rings is 1. The summed E-state index contributed by atoms with van der Waals surface area (Å²) >= 11 is 0.949. The quantitative estimate of drug-likeness (QED) is 0.0272. The third-order valence-electron chi connectivity index (χ3n) is 25.0. The van der Waals surface area contributed by atoms with E-state index < -0.39 is 5.60 Å². The standard InChI is InChI=1S/C17H32N2O.C13H21N3O3S.C13H24N2O.C12H22N2O.C11H24N2O2.C10H23N3.C10H22N2.C8H20N2.C7H18N2.C6H16N2/c1-17(2,3)19-13-15(14-19)7-8-16(20)9-12-18-10-5-4-6-11-18;1-13(2,3)15-5-9(6-15)4-14-10(17)7-16-11(18)8-20-12(16)19;1-13(2,3)15-8-10(9-15)7-14-12(16)11-5-4-6-11;1-12(2,3)14-7-9(8-14)6-13-11(15)10-4-5-10;1-10(2,3)13-8-7-12-9(14)15-11(4,5)6;1-10(2,3)12-6-9-13-7-4-11-5-8-13;1-10(2,3)11-6-9-12-7-4-5-8-12;1-8(2,3)9-6-7-10(4)5;1-7(2,3)9-6-5-8-4;1-6(2,3)8-5-4-7/h15H,4-14H2,1-3H3;9H,4-8H2,1-3H3,(H,14,17);10-11H,4-9H2,1-3H3,(H,14,16);9-10H,4-8H2,1-3H3,(H,13,15);13H,7-8H2,1-6H3,(H,12,14);11-12H,4-9H2,1-3H3;11H,4-9H2,1-3H3;9H,6-7H2,1-5H3;8-9H,5-6H2,1-4H3;8H,4-5,7H2,1-3H3. The lowest BCUT2D eigenvalue weighted by Gasteiger charge is -2.48. The number of nitrogens with zero attached hydrogens (tertiary/aromatic N) is 9. The lowest BCUT2D eigenvalue weighted by Crippen LogP contribution is -2.58. The smallest absolute Gasteiger partial charge is 0.407 e. The molecule has 138 heavy (non-hydrogen) atoms. The number of rotatable bonds is 33. The number of hydrogen-bond acceptors (Lipinski definition) is 26. The van der Waals surface area contributed by atoms with Crippen molar-refractivity contribution >= 4 is 52.5 Å². The van der Waals surface area contributed by atoms with E-state index in [9.17, 15) is 33.6 Å². The topological polar surface area (TPSA) is 328 Å². The van der Waals surface area contributed by atoms with Gasteiger partial charge in [-0.1, -0.05) is 24.6 Å². The molecule has 8 saturated heterocycles. The van der Waals surface area contributed by atoms with E-state index in [2.05, 4.69) is 325 Å². The van der Waals surface area contributed by atoms with Crippen LogP contribution in [0.4, 0.5) is 9.59 Å². The van der Waals surface area contributed by atoms with Crippen LogP contribution in [0, 0.1) is 35.5 Å². The van der Waals surface area contributed by atoms with E-state index in [0.717, 1.165) is 198 Å². The normalized spacial score (nSPS) is 19.1. The first-order valence-corrected chi connectivity index (χ1v) is 54.6. The summed E-state index contributed by atoms with van der Waals surface area (Å²) in [5.74, 6) is 3.90.